The Kier molecular flexibility index (Phi) is 5.26. The van der Waals surface area contributed by atoms with Crippen molar-refractivity contribution in [3.63, 3.8) is 0 Å². The summed E-state index contributed by atoms with van der Waals surface area (Å²) < 4.78 is 3.36. The number of hydrogen-bond acceptors (Lipinski definition) is 3. The molecule has 1 N–H and O–H groups in total. The lowest BCUT2D eigenvalue weighted by Gasteiger charge is -2.45. The van der Waals surface area contributed by atoms with Gasteiger partial charge in [-0.1, -0.05) is 13.8 Å². The van der Waals surface area contributed by atoms with Crippen LogP contribution in [0.15, 0.2) is 4.47 Å². The number of aromatic nitrogens is 2. The van der Waals surface area contributed by atoms with Crippen molar-refractivity contribution >= 4 is 15.9 Å². The maximum Gasteiger partial charge on any atom is 0.0767 e. The van der Waals surface area contributed by atoms with Crippen LogP contribution in [0.25, 0.3) is 0 Å². The fourth-order valence-electron chi connectivity index (χ4n) is 2.92. The topological polar surface area (TPSA) is 33.1 Å². The fraction of sp³-hybridized carbons (Fsp3) is 0.800. The quantitative estimate of drug-likeness (QED) is 0.893. The summed E-state index contributed by atoms with van der Waals surface area (Å²) in [6.07, 6.45) is 2.14. The van der Waals surface area contributed by atoms with Gasteiger partial charge >= 0.3 is 0 Å². The summed E-state index contributed by atoms with van der Waals surface area (Å²) in [6, 6.07) is 0. The van der Waals surface area contributed by atoms with Gasteiger partial charge in [0.15, 0.2) is 0 Å². The summed E-state index contributed by atoms with van der Waals surface area (Å²) in [5.74, 6) is 0. The zero-order valence-electron chi connectivity index (χ0n) is 13.2. The molecule has 0 radical (unpaired) electrons. The molecule has 1 aliphatic heterocycles. The third kappa shape index (κ3) is 2.95. The summed E-state index contributed by atoms with van der Waals surface area (Å²) in [5, 5.41) is 8.24. The maximum atomic E-state index is 4.71. The molecule has 0 bridgehead atoms. The Morgan fingerprint density at radius 3 is 2.70 bits per heavy atom. The molecular formula is C15H27BrN4. The third-order valence-corrected chi connectivity index (χ3v) is 5.54. The number of hydrogen-bond donors (Lipinski definition) is 1. The molecule has 5 heteroatoms. The second kappa shape index (κ2) is 6.58. The summed E-state index contributed by atoms with van der Waals surface area (Å²) in [6.45, 7) is 14.1. The number of halogens is 1. The predicted molar refractivity (Wildman–Crippen MR) is 87.0 cm³/mol. The molecule has 1 aromatic heterocycles. The van der Waals surface area contributed by atoms with E-state index in [9.17, 15) is 0 Å². The van der Waals surface area contributed by atoms with Crippen LogP contribution in [0.5, 0.6) is 0 Å². The van der Waals surface area contributed by atoms with Gasteiger partial charge in [-0.25, -0.2) is 0 Å². The molecule has 2 heterocycles. The molecule has 0 amide bonds. The minimum Gasteiger partial charge on any atom is -0.314 e. The van der Waals surface area contributed by atoms with Gasteiger partial charge in [-0.05, 0) is 42.6 Å². The van der Waals surface area contributed by atoms with Crippen molar-refractivity contribution in [1.29, 1.82) is 0 Å². The van der Waals surface area contributed by atoms with Gasteiger partial charge in [0.1, 0.15) is 0 Å². The van der Waals surface area contributed by atoms with Crippen LogP contribution in [-0.2, 0) is 19.5 Å². The first kappa shape index (κ1) is 16.0. The van der Waals surface area contributed by atoms with Crippen LogP contribution in [0, 0.1) is 0 Å². The molecule has 0 saturated carbocycles. The number of aryl methyl sites for hydroxylation is 2. The Labute approximate surface area is 131 Å². The van der Waals surface area contributed by atoms with E-state index in [1.807, 2.05) is 0 Å². The number of piperazine rings is 1. The van der Waals surface area contributed by atoms with Crippen LogP contribution < -0.4 is 5.32 Å². The van der Waals surface area contributed by atoms with E-state index in [1.165, 1.54) is 22.3 Å². The van der Waals surface area contributed by atoms with E-state index in [1.54, 1.807) is 0 Å². The van der Waals surface area contributed by atoms with Crippen molar-refractivity contribution in [2.24, 2.45) is 0 Å². The van der Waals surface area contributed by atoms with Crippen LogP contribution in [-0.4, -0.2) is 39.9 Å². The Bertz CT molecular complexity index is 457. The highest BCUT2D eigenvalue weighted by Gasteiger charge is 2.33. The van der Waals surface area contributed by atoms with Crippen LogP contribution >= 0.6 is 15.9 Å². The average molecular weight is 343 g/mol. The van der Waals surface area contributed by atoms with Gasteiger partial charge in [-0.15, -0.1) is 0 Å². The van der Waals surface area contributed by atoms with Gasteiger partial charge in [-0.3, -0.25) is 9.58 Å². The normalized spacial score (nSPS) is 24.2. The SMILES string of the molecule is CCc1nn(CC)c(CN2CCNCC2(C)CC)c1Br. The summed E-state index contributed by atoms with van der Waals surface area (Å²) in [4.78, 5) is 2.61. The van der Waals surface area contributed by atoms with Gasteiger partial charge in [0.25, 0.3) is 0 Å². The summed E-state index contributed by atoms with van der Waals surface area (Å²) in [7, 11) is 0. The fourth-order valence-corrected chi connectivity index (χ4v) is 3.61. The summed E-state index contributed by atoms with van der Waals surface area (Å²) in [5.41, 5.74) is 2.74. The number of rotatable bonds is 5. The molecule has 1 aromatic rings. The molecule has 1 saturated heterocycles. The van der Waals surface area contributed by atoms with Crippen LogP contribution in [0.1, 0.15) is 45.5 Å². The van der Waals surface area contributed by atoms with E-state index < -0.39 is 0 Å². The van der Waals surface area contributed by atoms with Gasteiger partial charge in [0, 0.05) is 38.3 Å². The molecule has 1 fully saturated rings. The first-order valence-corrected chi connectivity index (χ1v) is 8.54. The third-order valence-electron chi connectivity index (χ3n) is 4.62. The molecule has 1 aliphatic rings. The molecule has 4 nitrogen and oxygen atoms in total. The van der Waals surface area contributed by atoms with Crippen LogP contribution in [0.2, 0.25) is 0 Å². The monoisotopic (exact) mass is 342 g/mol. The molecular weight excluding hydrogens is 316 g/mol. The van der Waals surface area contributed by atoms with Crippen molar-refractivity contribution in [3.05, 3.63) is 15.9 Å². The zero-order chi connectivity index (χ0) is 14.8. The lowest BCUT2D eigenvalue weighted by Crippen LogP contribution is -2.58. The van der Waals surface area contributed by atoms with E-state index in [4.69, 9.17) is 5.10 Å². The Hall–Kier alpha value is -0.390. The number of nitrogens with one attached hydrogen (secondary N) is 1. The zero-order valence-corrected chi connectivity index (χ0v) is 14.8. The Balaban J connectivity index is 2.26. The first-order valence-electron chi connectivity index (χ1n) is 7.75. The Morgan fingerprint density at radius 1 is 1.35 bits per heavy atom. The summed E-state index contributed by atoms with van der Waals surface area (Å²) >= 11 is 3.76. The van der Waals surface area contributed by atoms with E-state index >= 15 is 0 Å². The van der Waals surface area contributed by atoms with Crippen molar-refractivity contribution in [1.82, 2.24) is 20.0 Å². The molecule has 2 rings (SSSR count). The molecule has 1 atom stereocenters. The molecule has 0 aromatic carbocycles. The highest BCUT2D eigenvalue weighted by Crippen LogP contribution is 2.28. The highest BCUT2D eigenvalue weighted by molar-refractivity contribution is 9.10. The minimum absolute atomic E-state index is 0.243. The maximum absolute atomic E-state index is 4.71. The second-order valence-corrected chi connectivity index (χ2v) is 6.62. The minimum atomic E-state index is 0.243. The predicted octanol–water partition coefficient (Wildman–Crippen LogP) is 2.80. The van der Waals surface area contributed by atoms with E-state index in [2.05, 4.69) is 58.5 Å². The van der Waals surface area contributed by atoms with Gasteiger partial charge in [-0.2, -0.15) is 5.10 Å². The van der Waals surface area contributed by atoms with E-state index in [0.29, 0.717) is 0 Å². The molecule has 20 heavy (non-hydrogen) atoms. The van der Waals surface area contributed by atoms with Crippen molar-refractivity contribution in [2.75, 3.05) is 19.6 Å². The van der Waals surface area contributed by atoms with Crippen molar-refractivity contribution in [3.8, 4) is 0 Å². The van der Waals surface area contributed by atoms with E-state index in [0.717, 1.165) is 39.1 Å². The Morgan fingerprint density at radius 2 is 2.10 bits per heavy atom. The van der Waals surface area contributed by atoms with Crippen molar-refractivity contribution in [2.45, 2.75) is 59.2 Å². The van der Waals surface area contributed by atoms with Crippen LogP contribution in [0.4, 0.5) is 0 Å². The molecule has 1 unspecified atom stereocenters. The lowest BCUT2D eigenvalue weighted by molar-refractivity contribution is 0.0609. The van der Waals surface area contributed by atoms with E-state index in [-0.39, 0.29) is 5.54 Å². The molecule has 0 spiro atoms. The molecule has 114 valence electrons. The smallest absolute Gasteiger partial charge is 0.0767 e. The number of nitrogens with zero attached hydrogens (tertiary/aromatic N) is 3. The van der Waals surface area contributed by atoms with Gasteiger partial charge < -0.3 is 5.32 Å². The largest absolute Gasteiger partial charge is 0.314 e. The lowest BCUT2D eigenvalue weighted by atomic mass is 9.94. The first-order chi connectivity index (χ1) is 9.55. The van der Waals surface area contributed by atoms with Gasteiger partial charge in [0.05, 0.1) is 15.9 Å². The standard InChI is InChI=1S/C15H27BrN4/c1-5-12-14(16)13(20(7-3)18-12)10-19-9-8-17-11-15(19,4)6-2/h17H,5-11H2,1-4H3. The highest BCUT2D eigenvalue weighted by atomic mass is 79.9. The molecule has 0 aliphatic carbocycles. The second-order valence-electron chi connectivity index (χ2n) is 5.83. The van der Waals surface area contributed by atoms with Crippen molar-refractivity contribution < 1.29 is 0 Å². The van der Waals surface area contributed by atoms with Crippen LogP contribution in [0.3, 0.4) is 0 Å². The average Bonchev–Trinajstić information content (AvgIpc) is 2.77. The van der Waals surface area contributed by atoms with Gasteiger partial charge in [0.2, 0.25) is 0 Å².